The molecule has 0 spiro atoms. The number of nitrogens with one attached hydrogen (secondary N) is 2. The minimum atomic E-state index is -1.18. The maximum atomic E-state index is 12.8. The number of esters is 1. The van der Waals surface area contributed by atoms with Gasteiger partial charge in [-0.15, -0.1) is 0 Å². The number of carbonyl (C=O) groups is 3. The largest absolute Gasteiger partial charge is 0.467 e. The zero-order valence-corrected chi connectivity index (χ0v) is 20.0. The lowest BCUT2D eigenvalue weighted by molar-refractivity contribution is -0.145. The van der Waals surface area contributed by atoms with Gasteiger partial charge >= 0.3 is 12.1 Å². The summed E-state index contributed by atoms with van der Waals surface area (Å²) in [6.07, 6.45) is -2.22. The summed E-state index contributed by atoms with van der Waals surface area (Å²) in [7, 11) is 1.26. The fourth-order valence-electron chi connectivity index (χ4n) is 3.80. The highest BCUT2D eigenvalue weighted by Gasteiger charge is 2.33. The third-order valence-corrected chi connectivity index (χ3v) is 5.54. The highest BCUT2D eigenvalue weighted by atomic mass is 16.5. The average Bonchev–Trinajstić information content (AvgIpc) is 2.91. The second-order valence-electron chi connectivity index (χ2n) is 8.17. The zero-order chi connectivity index (χ0) is 25.8. The minimum Gasteiger partial charge on any atom is -0.467 e. The molecule has 3 rings (SSSR count). The van der Waals surface area contributed by atoms with Crippen LogP contribution in [0.1, 0.15) is 29.0 Å². The average molecular weight is 491 g/mol. The Hall–Kier alpha value is -4.17. The van der Waals surface area contributed by atoms with Gasteiger partial charge in [-0.1, -0.05) is 91.0 Å². The Morgan fingerprint density at radius 1 is 0.833 bits per heavy atom. The molecule has 0 radical (unpaired) electrons. The molecule has 0 bridgehead atoms. The van der Waals surface area contributed by atoms with E-state index in [-0.39, 0.29) is 19.6 Å². The van der Waals surface area contributed by atoms with Gasteiger partial charge in [0.1, 0.15) is 12.6 Å². The predicted octanol–water partition coefficient (Wildman–Crippen LogP) is 3.15. The molecule has 0 unspecified atom stereocenters. The number of rotatable bonds is 11. The summed E-state index contributed by atoms with van der Waals surface area (Å²) in [6, 6.07) is 26.8. The number of hydrogen-bond donors (Lipinski definition) is 3. The van der Waals surface area contributed by atoms with Crippen LogP contribution in [0.15, 0.2) is 91.0 Å². The summed E-state index contributed by atoms with van der Waals surface area (Å²) < 4.78 is 10.1. The molecule has 0 fully saturated rings. The molecule has 188 valence electrons. The highest BCUT2D eigenvalue weighted by molar-refractivity contribution is 5.86. The van der Waals surface area contributed by atoms with Crippen molar-refractivity contribution in [2.75, 3.05) is 13.7 Å². The Kier molecular flexibility index (Phi) is 10.0. The van der Waals surface area contributed by atoms with Gasteiger partial charge in [-0.25, -0.2) is 9.59 Å². The van der Waals surface area contributed by atoms with Gasteiger partial charge in [0, 0.05) is 12.5 Å². The van der Waals surface area contributed by atoms with Crippen molar-refractivity contribution in [2.24, 2.45) is 0 Å². The molecule has 3 N–H and O–H groups in total. The number of alkyl carbamates (subject to hydrolysis) is 1. The van der Waals surface area contributed by atoms with E-state index in [0.29, 0.717) is 0 Å². The van der Waals surface area contributed by atoms with Gasteiger partial charge in [0.05, 0.1) is 19.6 Å². The van der Waals surface area contributed by atoms with Crippen molar-refractivity contribution in [1.82, 2.24) is 10.6 Å². The molecule has 8 heteroatoms. The maximum absolute atomic E-state index is 12.8. The van der Waals surface area contributed by atoms with Crippen molar-refractivity contribution in [1.29, 1.82) is 0 Å². The van der Waals surface area contributed by atoms with Crippen LogP contribution in [0.3, 0.4) is 0 Å². The van der Waals surface area contributed by atoms with Crippen LogP contribution in [0.25, 0.3) is 0 Å². The lowest BCUT2D eigenvalue weighted by atomic mass is 9.85. The molecular formula is C28H30N2O6. The van der Waals surface area contributed by atoms with Crippen LogP contribution in [0.4, 0.5) is 4.79 Å². The number of carbonyl (C=O) groups excluding carboxylic acids is 3. The van der Waals surface area contributed by atoms with E-state index in [1.54, 1.807) is 0 Å². The summed E-state index contributed by atoms with van der Waals surface area (Å²) in [5.41, 5.74) is 2.47. The highest BCUT2D eigenvalue weighted by Crippen LogP contribution is 2.29. The molecule has 3 aromatic rings. The molecule has 0 aliphatic heterocycles. The van der Waals surface area contributed by atoms with Gasteiger partial charge in [-0.05, 0) is 16.7 Å². The van der Waals surface area contributed by atoms with Gasteiger partial charge in [0.2, 0.25) is 5.91 Å². The second kappa shape index (κ2) is 13.7. The maximum Gasteiger partial charge on any atom is 0.407 e. The van der Waals surface area contributed by atoms with Gasteiger partial charge in [0.15, 0.2) is 0 Å². The first-order valence-corrected chi connectivity index (χ1v) is 11.6. The zero-order valence-electron chi connectivity index (χ0n) is 20.0. The summed E-state index contributed by atoms with van der Waals surface area (Å²) in [5, 5.41) is 15.4. The molecule has 2 atom stereocenters. The molecule has 36 heavy (non-hydrogen) atoms. The molecule has 0 aliphatic carbocycles. The normalized spacial score (nSPS) is 12.3. The number of methoxy groups -OCH3 is 1. The summed E-state index contributed by atoms with van der Waals surface area (Å²) in [6.45, 7) is -0.102. The van der Waals surface area contributed by atoms with Crippen molar-refractivity contribution < 1.29 is 29.0 Å². The second-order valence-corrected chi connectivity index (χ2v) is 8.17. The van der Waals surface area contributed by atoms with E-state index in [4.69, 9.17) is 9.47 Å². The molecule has 0 saturated heterocycles. The molecular weight excluding hydrogens is 460 g/mol. The Bertz CT molecular complexity index is 1070. The van der Waals surface area contributed by atoms with Crippen LogP contribution in [0.5, 0.6) is 0 Å². The Balaban J connectivity index is 1.60. The topological polar surface area (TPSA) is 114 Å². The van der Waals surface area contributed by atoms with Gasteiger partial charge in [-0.2, -0.15) is 0 Å². The van der Waals surface area contributed by atoms with Crippen molar-refractivity contribution in [2.45, 2.75) is 31.1 Å². The third-order valence-electron chi connectivity index (χ3n) is 5.54. The number of ether oxygens (including phenoxy) is 2. The van der Waals surface area contributed by atoms with Gasteiger partial charge in [-0.3, -0.25) is 4.79 Å². The molecule has 0 aromatic heterocycles. The van der Waals surface area contributed by atoms with E-state index < -0.39 is 36.0 Å². The SMILES string of the molecule is COC(=O)[C@H](NC(=O)C[C@H](O)CNC(=O)OCc1ccccc1)C(c1ccccc1)c1ccccc1. The van der Waals surface area contributed by atoms with Crippen molar-refractivity contribution in [3.8, 4) is 0 Å². The Labute approximate surface area is 210 Å². The molecule has 0 saturated carbocycles. The molecule has 3 aromatic carbocycles. The molecule has 2 amide bonds. The number of aliphatic hydroxyl groups excluding tert-OH is 1. The van der Waals surface area contributed by atoms with E-state index in [2.05, 4.69) is 10.6 Å². The van der Waals surface area contributed by atoms with E-state index in [9.17, 15) is 19.5 Å². The first-order valence-electron chi connectivity index (χ1n) is 11.6. The Morgan fingerprint density at radius 2 is 1.36 bits per heavy atom. The number of hydrogen-bond acceptors (Lipinski definition) is 6. The van der Waals surface area contributed by atoms with Crippen molar-refractivity contribution in [3.63, 3.8) is 0 Å². The van der Waals surface area contributed by atoms with Crippen LogP contribution in [-0.2, 0) is 25.7 Å². The molecule has 0 heterocycles. The van der Waals surface area contributed by atoms with Crippen LogP contribution in [-0.4, -0.2) is 48.9 Å². The van der Waals surface area contributed by atoms with E-state index in [0.717, 1.165) is 16.7 Å². The first kappa shape index (κ1) is 26.4. The third kappa shape index (κ3) is 7.95. The van der Waals surface area contributed by atoms with Gasteiger partial charge in [0.25, 0.3) is 0 Å². The van der Waals surface area contributed by atoms with E-state index in [1.807, 2.05) is 91.0 Å². The molecule has 8 nitrogen and oxygen atoms in total. The predicted molar refractivity (Wildman–Crippen MR) is 134 cm³/mol. The van der Waals surface area contributed by atoms with Crippen molar-refractivity contribution in [3.05, 3.63) is 108 Å². The summed E-state index contributed by atoms with van der Waals surface area (Å²) in [4.78, 5) is 37.4. The molecule has 0 aliphatic rings. The Morgan fingerprint density at radius 3 is 1.89 bits per heavy atom. The van der Waals surface area contributed by atoms with E-state index >= 15 is 0 Å². The van der Waals surface area contributed by atoms with Crippen molar-refractivity contribution >= 4 is 18.0 Å². The number of aliphatic hydroxyl groups is 1. The number of amides is 2. The monoisotopic (exact) mass is 490 g/mol. The smallest absolute Gasteiger partial charge is 0.407 e. The van der Waals surface area contributed by atoms with Crippen LogP contribution in [0.2, 0.25) is 0 Å². The van der Waals surface area contributed by atoms with Crippen LogP contribution < -0.4 is 10.6 Å². The fourth-order valence-corrected chi connectivity index (χ4v) is 3.80. The van der Waals surface area contributed by atoms with E-state index in [1.165, 1.54) is 7.11 Å². The first-order chi connectivity index (χ1) is 17.5. The van der Waals surface area contributed by atoms with Crippen LogP contribution >= 0.6 is 0 Å². The summed E-state index contributed by atoms with van der Waals surface area (Å²) >= 11 is 0. The summed E-state index contributed by atoms with van der Waals surface area (Å²) in [5.74, 6) is -1.68. The number of benzene rings is 3. The van der Waals surface area contributed by atoms with Crippen LogP contribution in [0, 0.1) is 0 Å². The lowest BCUT2D eigenvalue weighted by Crippen LogP contribution is -2.47. The quantitative estimate of drug-likeness (QED) is 0.356. The lowest BCUT2D eigenvalue weighted by Gasteiger charge is -2.27. The fraction of sp³-hybridized carbons (Fsp3) is 0.250. The van der Waals surface area contributed by atoms with Gasteiger partial charge < -0.3 is 25.2 Å². The standard InChI is InChI=1S/C28H30N2O6/c1-35-27(33)26(25(21-13-7-3-8-14-21)22-15-9-4-10-16-22)30-24(32)17-23(31)18-29-28(34)36-19-20-11-5-2-6-12-20/h2-16,23,25-26,31H,17-19H2,1H3,(H,29,34)(H,30,32)/t23-,26+/m0/s1. The minimum absolute atomic E-state index is 0.0877.